The first-order valence-electron chi connectivity index (χ1n) is 10.1. The molecule has 0 aromatic heterocycles. The van der Waals surface area contributed by atoms with Crippen molar-refractivity contribution in [1.29, 1.82) is 0 Å². The Kier molecular flexibility index (Phi) is 4.97. The summed E-state index contributed by atoms with van der Waals surface area (Å²) in [5.41, 5.74) is 2.92. The molecule has 2 fully saturated rings. The Morgan fingerprint density at radius 2 is 1.81 bits per heavy atom. The van der Waals surface area contributed by atoms with Crippen LogP contribution in [0, 0.1) is 0 Å². The number of benzene rings is 1. The summed E-state index contributed by atoms with van der Waals surface area (Å²) in [6.45, 7) is 3.02. The lowest BCUT2D eigenvalue weighted by Crippen LogP contribution is -2.56. The standard InChI is InChI=1S/C21H29F2N3O/c1-24-12-7-17-5-2-3-6-18(17)20(24)9-13-25(14-10-20)15-19(27)26-11-4-8-21(22,23)16-26/h2-3,5-6H,4,7-16H2,1H3. The number of likely N-dealkylation sites (tertiary alicyclic amines) is 2. The highest BCUT2D eigenvalue weighted by molar-refractivity contribution is 5.78. The second kappa shape index (κ2) is 7.13. The van der Waals surface area contributed by atoms with E-state index in [1.807, 2.05) is 0 Å². The van der Waals surface area contributed by atoms with E-state index in [2.05, 4.69) is 41.1 Å². The molecule has 4 rings (SSSR count). The number of piperidine rings is 2. The highest BCUT2D eigenvalue weighted by Gasteiger charge is 2.43. The summed E-state index contributed by atoms with van der Waals surface area (Å²) in [5.74, 6) is -2.88. The minimum Gasteiger partial charge on any atom is -0.336 e. The maximum Gasteiger partial charge on any atom is 0.265 e. The number of carbonyl (C=O) groups excluding carboxylic acids is 1. The van der Waals surface area contributed by atoms with Crippen LogP contribution in [0.5, 0.6) is 0 Å². The Labute approximate surface area is 160 Å². The molecular weight excluding hydrogens is 348 g/mol. The molecule has 1 spiro atoms. The molecule has 0 radical (unpaired) electrons. The lowest BCUT2D eigenvalue weighted by molar-refractivity contribution is -0.143. The fourth-order valence-corrected chi connectivity index (χ4v) is 5.10. The summed E-state index contributed by atoms with van der Waals surface area (Å²) < 4.78 is 27.2. The zero-order chi connectivity index (χ0) is 19.1. The molecular formula is C21H29F2N3O. The van der Waals surface area contributed by atoms with E-state index in [0.29, 0.717) is 13.0 Å². The Morgan fingerprint density at radius 1 is 1.07 bits per heavy atom. The van der Waals surface area contributed by atoms with Crippen molar-refractivity contribution in [1.82, 2.24) is 14.7 Å². The molecule has 3 aliphatic heterocycles. The number of hydrogen-bond acceptors (Lipinski definition) is 3. The summed E-state index contributed by atoms with van der Waals surface area (Å²) in [5, 5.41) is 0. The maximum absolute atomic E-state index is 13.6. The van der Waals surface area contributed by atoms with Crippen LogP contribution in [-0.2, 0) is 16.8 Å². The second-order valence-electron chi connectivity index (χ2n) is 8.41. The van der Waals surface area contributed by atoms with Gasteiger partial charge in [-0.25, -0.2) is 8.78 Å². The molecule has 4 nitrogen and oxygen atoms in total. The Hall–Kier alpha value is -1.53. The SMILES string of the molecule is CN1CCc2ccccc2C12CCN(CC(=O)N1CCCC(F)(F)C1)CC2. The highest BCUT2D eigenvalue weighted by atomic mass is 19.3. The molecule has 0 aliphatic carbocycles. The molecule has 0 N–H and O–H groups in total. The third-order valence-corrected chi connectivity index (χ3v) is 6.75. The number of hydrogen-bond donors (Lipinski definition) is 0. The molecule has 1 aromatic carbocycles. The largest absolute Gasteiger partial charge is 0.336 e. The van der Waals surface area contributed by atoms with E-state index in [0.717, 1.165) is 38.9 Å². The van der Waals surface area contributed by atoms with Crippen molar-refractivity contribution in [3.05, 3.63) is 35.4 Å². The predicted molar refractivity (Wildman–Crippen MR) is 101 cm³/mol. The van der Waals surface area contributed by atoms with Crippen molar-refractivity contribution >= 4 is 5.91 Å². The van der Waals surface area contributed by atoms with Crippen LogP contribution in [-0.4, -0.2) is 72.8 Å². The fraction of sp³-hybridized carbons (Fsp3) is 0.667. The van der Waals surface area contributed by atoms with Gasteiger partial charge in [0.25, 0.3) is 5.92 Å². The summed E-state index contributed by atoms with van der Waals surface area (Å²) in [6, 6.07) is 8.71. The quantitative estimate of drug-likeness (QED) is 0.793. The van der Waals surface area contributed by atoms with Crippen molar-refractivity contribution in [3.8, 4) is 0 Å². The highest BCUT2D eigenvalue weighted by Crippen LogP contribution is 2.42. The number of alkyl halides is 2. The third-order valence-electron chi connectivity index (χ3n) is 6.75. The first-order valence-corrected chi connectivity index (χ1v) is 10.1. The third kappa shape index (κ3) is 3.61. The van der Waals surface area contributed by atoms with Crippen LogP contribution in [0.4, 0.5) is 8.78 Å². The molecule has 3 aliphatic rings. The molecule has 6 heteroatoms. The van der Waals surface area contributed by atoms with Gasteiger partial charge in [0.1, 0.15) is 0 Å². The smallest absolute Gasteiger partial charge is 0.265 e. The van der Waals surface area contributed by atoms with Gasteiger partial charge in [-0.05, 0) is 43.9 Å². The number of rotatable bonds is 2. The molecule has 0 saturated carbocycles. The van der Waals surface area contributed by atoms with Crippen LogP contribution in [0.25, 0.3) is 0 Å². The van der Waals surface area contributed by atoms with Gasteiger partial charge in [0.2, 0.25) is 5.91 Å². The maximum atomic E-state index is 13.6. The lowest BCUT2D eigenvalue weighted by atomic mass is 9.74. The van der Waals surface area contributed by atoms with E-state index in [1.165, 1.54) is 16.0 Å². The number of likely N-dealkylation sites (N-methyl/N-ethyl adjacent to an activating group) is 1. The number of carbonyl (C=O) groups is 1. The van der Waals surface area contributed by atoms with Gasteiger partial charge < -0.3 is 4.90 Å². The fourth-order valence-electron chi connectivity index (χ4n) is 5.10. The van der Waals surface area contributed by atoms with E-state index in [1.54, 1.807) is 0 Å². The van der Waals surface area contributed by atoms with Crippen LogP contribution in [0.15, 0.2) is 24.3 Å². The Bertz CT molecular complexity index is 700. The molecule has 1 amide bonds. The number of halogens is 2. The Balaban J connectivity index is 1.40. The van der Waals surface area contributed by atoms with E-state index in [4.69, 9.17) is 0 Å². The zero-order valence-electron chi connectivity index (χ0n) is 16.1. The van der Waals surface area contributed by atoms with Gasteiger partial charge in [0.15, 0.2) is 0 Å². The van der Waals surface area contributed by atoms with Gasteiger partial charge in [-0.15, -0.1) is 0 Å². The molecule has 3 heterocycles. The summed E-state index contributed by atoms with van der Waals surface area (Å²) in [6.07, 6.45) is 3.33. The van der Waals surface area contributed by atoms with Crippen molar-refractivity contribution in [2.75, 3.05) is 46.3 Å². The van der Waals surface area contributed by atoms with E-state index >= 15 is 0 Å². The van der Waals surface area contributed by atoms with Gasteiger partial charge in [-0.2, -0.15) is 0 Å². The van der Waals surface area contributed by atoms with Gasteiger partial charge in [0, 0.05) is 38.1 Å². The van der Waals surface area contributed by atoms with E-state index < -0.39 is 12.5 Å². The number of amides is 1. The molecule has 0 atom stereocenters. The van der Waals surface area contributed by atoms with Crippen molar-refractivity contribution < 1.29 is 13.6 Å². The molecule has 0 unspecified atom stereocenters. The summed E-state index contributed by atoms with van der Waals surface area (Å²) >= 11 is 0. The van der Waals surface area contributed by atoms with Crippen molar-refractivity contribution in [2.45, 2.75) is 43.6 Å². The van der Waals surface area contributed by atoms with Gasteiger partial charge in [0.05, 0.1) is 13.1 Å². The molecule has 0 bridgehead atoms. The van der Waals surface area contributed by atoms with Gasteiger partial charge in [-0.3, -0.25) is 14.6 Å². The van der Waals surface area contributed by atoms with Crippen molar-refractivity contribution in [3.63, 3.8) is 0 Å². The van der Waals surface area contributed by atoms with Crippen LogP contribution < -0.4 is 0 Å². The van der Waals surface area contributed by atoms with Gasteiger partial charge in [-0.1, -0.05) is 24.3 Å². The number of nitrogens with zero attached hydrogens (tertiary/aromatic N) is 3. The molecule has 148 valence electrons. The summed E-state index contributed by atoms with van der Waals surface area (Å²) in [7, 11) is 2.20. The Morgan fingerprint density at radius 3 is 2.56 bits per heavy atom. The normalized spacial score (nSPS) is 25.4. The average molecular weight is 377 g/mol. The minimum absolute atomic E-state index is 0.0482. The van der Waals surface area contributed by atoms with Crippen molar-refractivity contribution in [2.24, 2.45) is 0 Å². The second-order valence-corrected chi connectivity index (χ2v) is 8.41. The zero-order valence-corrected chi connectivity index (χ0v) is 16.1. The summed E-state index contributed by atoms with van der Waals surface area (Å²) in [4.78, 5) is 18.5. The first kappa shape index (κ1) is 18.8. The average Bonchev–Trinajstić information content (AvgIpc) is 2.66. The van der Waals surface area contributed by atoms with Crippen LogP contribution >= 0.6 is 0 Å². The molecule has 1 aromatic rings. The lowest BCUT2D eigenvalue weighted by Gasteiger charge is -2.51. The molecule has 27 heavy (non-hydrogen) atoms. The topological polar surface area (TPSA) is 26.8 Å². The number of fused-ring (bicyclic) bond motifs is 2. The first-order chi connectivity index (χ1) is 12.9. The van der Waals surface area contributed by atoms with Gasteiger partial charge >= 0.3 is 0 Å². The molecule has 2 saturated heterocycles. The van der Waals surface area contributed by atoms with E-state index in [-0.39, 0.29) is 24.4 Å². The van der Waals surface area contributed by atoms with Crippen LogP contribution in [0.2, 0.25) is 0 Å². The minimum atomic E-state index is -2.73. The van der Waals surface area contributed by atoms with E-state index in [9.17, 15) is 13.6 Å². The predicted octanol–water partition coefficient (Wildman–Crippen LogP) is 2.72. The van der Waals surface area contributed by atoms with Crippen LogP contribution in [0.3, 0.4) is 0 Å². The van der Waals surface area contributed by atoms with Crippen LogP contribution in [0.1, 0.15) is 36.8 Å². The monoisotopic (exact) mass is 377 g/mol.